The number of sulfonamides is 1. The Kier molecular flexibility index (Phi) is 4.48. The van der Waals surface area contributed by atoms with Crippen LogP contribution < -0.4 is 16.0 Å². The predicted octanol–water partition coefficient (Wildman–Crippen LogP) is 0.950. The van der Waals surface area contributed by atoms with Gasteiger partial charge in [-0.1, -0.05) is 12.1 Å². The highest BCUT2D eigenvalue weighted by Crippen LogP contribution is 2.19. The van der Waals surface area contributed by atoms with Gasteiger partial charge in [-0.2, -0.15) is 0 Å². The molecule has 1 heterocycles. The molecule has 0 saturated heterocycles. The molecular weight excluding hydrogens is 284 g/mol. The Bertz CT molecular complexity index is 626. The van der Waals surface area contributed by atoms with E-state index < -0.39 is 10.0 Å². The molecule has 6 nitrogen and oxygen atoms in total. The van der Waals surface area contributed by atoms with Crippen LogP contribution >= 0.6 is 11.3 Å². The SMILES string of the molecule is NNc1ccccc1S(=O)(=O)NCCc1nccs1. The highest BCUT2D eigenvalue weighted by molar-refractivity contribution is 7.89. The maximum absolute atomic E-state index is 12.1. The van der Waals surface area contributed by atoms with Gasteiger partial charge >= 0.3 is 0 Å². The van der Waals surface area contributed by atoms with Gasteiger partial charge in [-0.25, -0.2) is 18.1 Å². The normalized spacial score (nSPS) is 11.4. The molecule has 0 fully saturated rings. The molecule has 2 rings (SSSR count). The molecule has 0 aliphatic carbocycles. The molecule has 1 aromatic carbocycles. The van der Waals surface area contributed by atoms with Gasteiger partial charge in [-0.15, -0.1) is 11.3 Å². The molecule has 0 spiro atoms. The molecule has 19 heavy (non-hydrogen) atoms. The highest BCUT2D eigenvalue weighted by atomic mass is 32.2. The monoisotopic (exact) mass is 298 g/mol. The van der Waals surface area contributed by atoms with Crippen LogP contribution in [0.5, 0.6) is 0 Å². The summed E-state index contributed by atoms with van der Waals surface area (Å²) in [7, 11) is -3.57. The van der Waals surface area contributed by atoms with Gasteiger partial charge in [0.15, 0.2) is 0 Å². The van der Waals surface area contributed by atoms with Crippen molar-refractivity contribution in [3.05, 3.63) is 40.8 Å². The highest BCUT2D eigenvalue weighted by Gasteiger charge is 2.17. The fourth-order valence-electron chi connectivity index (χ4n) is 1.57. The van der Waals surface area contributed by atoms with Gasteiger partial charge in [0.25, 0.3) is 0 Å². The molecule has 2 aromatic rings. The zero-order chi connectivity index (χ0) is 13.7. The third-order valence-electron chi connectivity index (χ3n) is 2.45. The number of rotatable bonds is 6. The van der Waals surface area contributed by atoms with Crippen LogP contribution in [0, 0.1) is 0 Å². The average Bonchev–Trinajstić information content (AvgIpc) is 2.91. The van der Waals surface area contributed by atoms with E-state index >= 15 is 0 Å². The quantitative estimate of drug-likeness (QED) is 0.545. The van der Waals surface area contributed by atoms with Crippen LogP contribution in [0.15, 0.2) is 40.7 Å². The molecule has 102 valence electrons. The molecule has 1 aromatic heterocycles. The van der Waals surface area contributed by atoms with E-state index in [0.29, 0.717) is 18.7 Å². The third-order valence-corrected chi connectivity index (χ3v) is 4.81. The van der Waals surface area contributed by atoms with Crippen molar-refractivity contribution in [2.24, 2.45) is 5.84 Å². The third kappa shape index (κ3) is 3.51. The number of benzene rings is 1. The maximum Gasteiger partial charge on any atom is 0.242 e. The van der Waals surface area contributed by atoms with Gasteiger partial charge < -0.3 is 5.43 Å². The molecule has 0 saturated carbocycles. The fourth-order valence-corrected chi connectivity index (χ4v) is 3.39. The van der Waals surface area contributed by atoms with Crippen molar-refractivity contribution in [2.75, 3.05) is 12.0 Å². The Labute approximate surface area is 115 Å². The first-order valence-corrected chi connectivity index (χ1v) is 7.93. The maximum atomic E-state index is 12.1. The van der Waals surface area contributed by atoms with Gasteiger partial charge in [0.2, 0.25) is 10.0 Å². The van der Waals surface area contributed by atoms with Crippen LogP contribution in [0.2, 0.25) is 0 Å². The lowest BCUT2D eigenvalue weighted by atomic mass is 10.3. The first-order valence-electron chi connectivity index (χ1n) is 5.57. The number of nitrogens with one attached hydrogen (secondary N) is 2. The van der Waals surface area contributed by atoms with Gasteiger partial charge in [-0.3, -0.25) is 5.84 Å². The summed E-state index contributed by atoms with van der Waals surface area (Å²) in [4.78, 5) is 4.23. The molecular formula is C11H14N4O2S2. The summed E-state index contributed by atoms with van der Waals surface area (Å²) < 4.78 is 26.8. The largest absolute Gasteiger partial charge is 0.323 e. The van der Waals surface area contributed by atoms with E-state index in [4.69, 9.17) is 5.84 Å². The molecule has 0 unspecified atom stereocenters. The Morgan fingerprint density at radius 3 is 2.79 bits per heavy atom. The van der Waals surface area contributed by atoms with Gasteiger partial charge in [0.05, 0.1) is 10.7 Å². The minimum Gasteiger partial charge on any atom is -0.323 e. The number of nitrogens with two attached hydrogens (primary N) is 1. The first kappa shape index (κ1) is 13.9. The van der Waals surface area contributed by atoms with Crippen LogP contribution in [0.25, 0.3) is 0 Å². The minimum atomic E-state index is -3.57. The number of hydrazine groups is 1. The van der Waals surface area contributed by atoms with Crippen LogP contribution in [0.4, 0.5) is 5.69 Å². The smallest absolute Gasteiger partial charge is 0.242 e. The van der Waals surface area contributed by atoms with E-state index in [1.165, 1.54) is 17.4 Å². The summed E-state index contributed by atoms with van der Waals surface area (Å²) in [6.07, 6.45) is 2.26. The summed E-state index contributed by atoms with van der Waals surface area (Å²) in [5.41, 5.74) is 2.74. The number of hydrogen-bond acceptors (Lipinski definition) is 6. The molecule has 0 radical (unpaired) electrons. The van der Waals surface area contributed by atoms with Crippen molar-refractivity contribution in [1.82, 2.24) is 9.71 Å². The number of anilines is 1. The van der Waals surface area contributed by atoms with Crippen molar-refractivity contribution >= 4 is 27.0 Å². The Morgan fingerprint density at radius 1 is 1.32 bits per heavy atom. The number of aromatic nitrogens is 1. The van der Waals surface area contributed by atoms with Crippen LogP contribution in [0.1, 0.15) is 5.01 Å². The van der Waals surface area contributed by atoms with Crippen molar-refractivity contribution in [2.45, 2.75) is 11.3 Å². The molecule has 4 N–H and O–H groups in total. The van der Waals surface area contributed by atoms with Gasteiger partial charge in [0, 0.05) is 24.5 Å². The van der Waals surface area contributed by atoms with E-state index in [1.54, 1.807) is 24.4 Å². The van der Waals surface area contributed by atoms with E-state index in [1.807, 2.05) is 5.38 Å². The molecule has 0 amide bonds. The zero-order valence-corrected chi connectivity index (χ0v) is 11.7. The summed E-state index contributed by atoms with van der Waals surface area (Å²) in [5.74, 6) is 5.30. The summed E-state index contributed by atoms with van der Waals surface area (Å²) in [6.45, 7) is 0.300. The minimum absolute atomic E-state index is 0.136. The Morgan fingerprint density at radius 2 is 2.11 bits per heavy atom. The van der Waals surface area contributed by atoms with Crippen LogP contribution in [-0.4, -0.2) is 19.9 Å². The first-order chi connectivity index (χ1) is 9.13. The number of thiazole rings is 1. The summed E-state index contributed by atoms with van der Waals surface area (Å²) in [6, 6.07) is 6.47. The number of para-hydroxylation sites is 1. The molecule has 0 bridgehead atoms. The lowest BCUT2D eigenvalue weighted by Gasteiger charge is -2.10. The number of nitrogens with zero attached hydrogens (tertiary/aromatic N) is 1. The van der Waals surface area contributed by atoms with E-state index in [-0.39, 0.29) is 4.90 Å². The van der Waals surface area contributed by atoms with Crippen LogP contribution in [0.3, 0.4) is 0 Å². The average molecular weight is 298 g/mol. The zero-order valence-electron chi connectivity index (χ0n) is 10.0. The second kappa shape index (κ2) is 6.11. The molecule has 0 aliphatic rings. The summed E-state index contributed by atoms with van der Waals surface area (Å²) >= 11 is 1.50. The summed E-state index contributed by atoms with van der Waals surface area (Å²) in [5, 5.41) is 2.75. The fraction of sp³-hybridized carbons (Fsp3) is 0.182. The standard InChI is InChI=1S/C11H14N4O2S2/c12-15-9-3-1-2-4-10(9)19(16,17)14-6-5-11-13-7-8-18-11/h1-4,7-8,14-15H,5-6,12H2. The number of nitrogen functional groups attached to an aromatic ring is 1. The van der Waals surface area contributed by atoms with Crippen molar-refractivity contribution in [1.29, 1.82) is 0 Å². The van der Waals surface area contributed by atoms with Gasteiger partial charge in [0.1, 0.15) is 4.90 Å². The Balaban J connectivity index is 2.05. The molecule has 0 atom stereocenters. The lowest BCUT2D eigenvalue weighted by molar-refractivity contribution is 0.582. The number of hydrogen-bond donors (Lipinski definition) is 3. The second-order valence-corrected chi connectivity index (χ2v) is 6.43. The van der Waals surface area contributed by atoms with E-state index in [9.17, 15) is 8.42 Å². The van der Waals surface area contributed by atoms with Crippen LogP contribution in [-0.2, 0) is 16.4 Å². The van der Waals surface area contributed by atoms with Crippen molar-refractivity contribution in [3.8, 4) is 0 Å². The van der Waals surface area contributed by atoms with E-state index in [2.05, 4.69) is 15.1 Å². The Hall–Kier alpha value is -1.48. The van der Waals surface area contributed by atoms with Crippen molar-refractivity contribution < 1.29 is 8.42 Å². The second-order valence-electron chi connectivity index (χ2n) is 3.71. The van der Waals surface area contributed by atoms with Gasteiger partial charge in [-0.05, 0) is 12.1 Å². The topological polar surface area (TPSA) is 97.1 Å². The van der Waals surface area contributed by atoms with Crippen molar-refractivity contribution in [3.63, 3.8) is 0 Å². The molecule has 8 heteroatoms. The lowest BCUT2D eigenvalue weighted by Crippen LogP contribution is -2.27. The van der Waals surface area contributed by atoms with E-state index in [0.717, 1.165) is 5.01 Å². The molecule has 0 aliphatic heterocycles. The predicted molar refractivity (Wildman–Crippen MR) is 75.3 cm³/mol.